The Hall–Kier alpha value is -0.130. The van der Waals surface area contributed by atoms with E-state index in [-0.39, 0.29) is 6.04 Å². The molecular weight excluding hydrogens is 188 g/mol. The van der Waals surface area contributed by atoms with Crippen LogP contribution in [0, 0.1) is 0 Å². The smallest absolute Gasteiger partial charge is 0.211 e. The standard InChI is InChI=1S/C8H18N2O2S/c1-10(13(2,11)12)8-4-3-6-9-7-5-8/h8-9H,3-7H2,1-2H3. The Balaban J connectivity index is 2.59. The van der Waals surface area contributed by atoms with Crippen molar-refractivity contribution in [2.45, 2.75) is 25.3 Å². The Kier molecular flexibility index (Phi) is 3.70. The van der Waals surface area contributed by atoms with Crippen LogP contribution in [0.5, 0.6) is 0 Å². The first-order valence-electron chi connectivity index (χ1n) is 4.65. The van der Waals surface area contributed by atoms with Gasteiger partial charge in [0.05, 0.1) is 6.26 Å². The monoisotopic (exact) mass is 206 g/mol. The summed E-state index contributed by atoms with van der Waals surface area (Å²) in [7, 11) is -1.34. The molecule has 1 unspecified atom stereocenters. The molecule has 0 aromatic rings. The number of nitrogens with zero attached hydrogens (tertiary/aromatic N) is 1. The van der Waals surface area contributed by atoms with E-state index in [2.05, 4.69) is 5.32 Å². The maximum Gasteiger partial charge on any atom is 0.211 e. The number of hydrogen-bond donors (Lipinski definition) is 1. The van der Waals surface area contributed by atoms with E-state index in [9.17, 15) is 8.42 Å². The van der Waals surface area contributed by atoms with Crippen LogP contribution in [0.25, 0.3) is 0 Å². The highest BCUT2D eigenvalue weighted by atomic mass is 32.2. The van der Waals surface area contributed by atoms with E-state index in [0.717, 1.165) is 32.4 Å². The summed E-state index contributed by atoms with van der Waals surface area (Å²) in [5.74, 6) is 0. The Morgan fingerprint density at radius 2 is 2.00 bits per heavy atom. The van der Waals surface area contributed by atoms with E-state index in [0.29, 0.717) is 0 Å². The first kappa shape index (κ1) is 10.9. The minimum Gasteiger partial charge on any atom is -0.317 e. The van der Waals surface area contributed by atoms with Crippen molar-refractivity contribution in [1.29, 1.82) is 0 Å². The molecule has 0 bridgehead atoms. The Bertz CT molecular complexity index is 243. The second-order valence-corrected chi connectivity index (χ2v) is 5.66. The third-order valence-corrected chi connectivity index (χ3v) is 3.93. The zero-order valence-electron chi connectivity index (χ0n) is 8.28. The molecule has 0 radical (unpaired) electrons. The fourth-order valence-corrected chi connectivity index (χ4v) is 2.39. The molecule has 0 aromatic carbocycles. The lowest BCUT2D eigenvalue weighted by Gasteiger charge is -2.24. The molecule has 5 heteroatoms. The lowest BCUT2D eigenvalue weighted by molar-refractivity contribution is 0.343. The topological polar surface area (TPSA) is 49.4 Å². The molecule has 1 rings (SSSR count). The molecule has 1 heterocycles. The molecule has 0 saturated carbocycles. The van der Waals surface area contributed by atoms with Crippen LogP contribution in [-0.2, 0) is 10.0 Å². The fraction of sp³-hybridized carbons (Fsp3) is 1.00. The van der Waals surface area contributed by atoms with E-state index >= 15 is 0 Å². The molecule has 1 N–H and O–H groups in total. The van der Waals surface area contributed by atoms with Gasteiger partial charge in [-0.15, -0.1) is 0 Å². The van der Waals surface area contributed by atoms with Crippen molar-refractivity contribution in [1.82, 2.24) is 9.62 Å². The second kappa shape index (κ2) is 4.39. The lowest BCUT2D eigenvalue weighted by atomic mass is 10.1. The lowest BCUT2D eigenvalue weighted by Crippen LogP contribution is -2.36. The van der Waals surface area contributed by atoms with Crippen molar-refractivity contribution < 1.29 is 8.42 Å². The number of rotatable bonds is 2. The van der Waals surface area contributed by atoms with Crippen molar-refractivity contribution in [2.24, 2.45) is 0 Å². The van der Waals surface area contributed by atoms with Crippen LogP contribution in [0.15, 0.2) is 0 Å². The van der Waals surface area contributed by atoms with Crippen molar-refractivity contribution in [3.63, 3.8) is 0 Å². The van der Waals surface area contributed by atoms with Gasteiger partial charge in [0.25, 0.3) is 0 Å². The number of hydrogen-bond acceptors (Lipinski definition) is 3. The largest absolute Gasteiger partial charge is 0.317 e. The highest BCUT2D eigenvalue weighted by molar-refractivity contribution is 7.88. The molecule has 1 fully saturated rings. The highest BCUT2D eigenvalue weighted by Gasteiger charge is 2.22. The third kappa shape index (κ3) is 3.25. The minimum absolute atomic E-state index is 0.185. The van der Waals surface area contributed by atoms with E-state index in [1.807, 2.05) is 0 Å². The molecule has 4 nitrogen and oxygen atoms in total. The molecule has 0 aromatic heterocycles. The van der Waals surface area contributed by atoms with Gasteiger partial charge in [-0.2, -0.15) is 0 Å². The van der Waals surface area contributed by atoms with E-state index in [1.165, 1.54) is 10.6 Å². The van der Waals surface area contributed by atoms with Crippen LogP contribution in [0.4, 0.5) is 0 Å². The van der Waals surface area contributed by atoms with Crippen LogP contribution in [0.2, 0.25) is 0 Å². The zero-order chi connectivity index (χ0) is 9.90. The van der Waals surface area contributed by atoms with Gasteiger partial charge in [-0.3, -0.25) is 0 Å². The quantitative estimate of drug-likeness (QED) is 0.693. The normalized spacial score (nSPS) is 25.9. The number of sulfonamides is 1. The summed E-state index contributed by atoms with van der Waals surface area (Å²) < 4.78 is 24.0. The van der Waals surface area contributed by atoms with Crippen LogP contribution in [0.3, 0.4) is 0 Å². The summed E-state index contributed by atoms with van der Waals surface area (Å²) >= 11 is 0. The van der Waals surface area contributed by atoms with Gasteiger partial charge in [-0.25, -0.2) is 12.7 Å². The maximum absolute atomic E-state index is 11.2. The van der Waals surface area contributed by atoms with Gasteiger partial charge in [0.1, 0.15) is 0 Å². The molecule has 1 aliphatic rings. The summed E-state index contributed by atoms with van der Waals surface area (Å²) in [6.07, 6.45) is 4.22. The molecule has 0 spiro atoms. The summed E-state index contributed by atoms with van der Waals surface area (Å²) in [5.41, 5.74) is 0. The summed E-state index contributed by atoms with van der Waals surface area (Å²) in [6, 6.07) is 0.185. The van der Waals surface area contributed by atoms with Crippen molar-refractivity contribution >= 4 is 10.0 Å². The molecular formula is C8H18N2O2S. The second-order valence-electron chi connectivity index (χ2n) is 3.61. The van der Waals surface area contributed by atoms with Gasteiger partial charge >= 0.3 is 0 Å². The summed E-state index contributed by atoms with van der Waals surface area (Å²) in [5, 5.41) is 3.26. The predicted molar refractivity (Wildman–Crippen MR) is 53.1 cm³/mol. The number of nitrogens with one attached hydrogen (secondary N) is 1. The Labute approximate surface area is 80.4 Å². The van der Waals surface area contributed by atoms with Gasteiger partial charge in [-0.1, -0.05) is 0 Å². The molecule has 78 valence electrons. The fourth-order valence-electron chi connectivity index (χ4n) is 1.64. The molecule has 1 saturated heterocycles. The van der Waals surface area contributed by atoms with Crippen LogP contribution in [-0.4, -0.2) is 45.2 Å². The molecule has 0 aliphatic carbocycles. The van der Waals surface area contributed by atoms with Gasteiger partial charge < -0.3 is 5.32 Å². The Morgan fingerprint density at radius 3 is 2.62 bits per heavy atom. The molecule has 13 heavy (non-hydrogen) atoms. The molecule has 1 aliphatic heterocycles. The zero-order valence-corrected chi connectivity index (χ0v) is 9.10. The predicted octanol–water partition coefficient (Wildman–Crippen LogP) is 0.0199. The SMILES string of the molecule is CN(C1CCCNCC1)S(C)(=O)=O. The van der Waals surface area contributed by atoms with Crippen LogP contribution >= 0.6 is 0 Å². The van der Waals surface area contributed by atoms with Gasteiger partial charge in [-0.05, 0) is 32.4 Å². The van der Waals surface area contributed by atoms with Gasteiger partial charge in [0.15, 0.2) is 0 Å². The minimum atomic E-state index is -3.01. The van der Waals surface area contributed by atoms with E-state index in [1.54, 1.807) is 7.05 Å². The molecule has 0 amide bonds. The van der Waals surface area contributed by atoms with Crippen molar-refractivity contribution in [2.75, 3.05) is 26.4 Å². The van der Waals surface area contributed by atoms with E-state index in [4.69, 9.17) is 0 Å². The van der Waals surface area contributed by atoms with Crippen LogP contribution in [0.1, 0.15) is 19.3 Å². The first-order valence-corrected chi connectivity index (χ1v) is 6.50. The average molecular weight is 206 g/mol. The van der Waals surface area contributed by atoms with Gasteiger partial charge in [0.2, 0.25) is 10.0 Å². The average Bonchev–Trinajstić information content (AvgIpc) is 2.28. The summed E-state index contributed by atoms with van der Waals surface area (Å²) in [6.45, 7) is 1.93. The summed E-state index contributed by atoms with van der Waals surface area (Å²) in [4.78, 5) is 0. The van der Waals surface area contributed by atoms with Crippen LogP contribution < -0.4 is 5.32 Å². The first-order chi connectivity index (χ1) is 6.02. The third-order valence-electron chi connectivity index (χ3n) is 2.58. The van der Waals surface area contributed by atoms with Crippen molar-refractivity contribution in [3.8, 4) is 0 Å². The highest BCUT2D eigenvalue weighted by Crippen LogP contribution is 2.13. The van der Waals surface area contributed by atoms with E-state index < -0.39 is 10.0 Å². The molecule has 1 atom stereocenters. The van der Waals surface area contributed by atoms with Gasteiger partial charge in [0, 0.05) is 13.1 Å². The van der Waals surface area contributed by atoms with Crippen molar-refractivity contribution in [3.05, 3.63) is 0 Å². The Morgan fingerprint density at radius 1 is 1.31 bits per heavy atom. The maximum atomic E-state index is 11.2.